The second-order valence-corrected chi connectivity index (χ2v) is 4.01. The zero-order valence-corrected chi connectivity index (χ0v) is 8.22. The smallest absolute Gasteiger partial charge is 0.0143 e. The quantitative estimate of drug-likeness (QED) is 0.571. The third-order valence-electron chi connectivity index (χ3n) is 3.02. The third-order valence-corrected chi connectivity index (χ3v) is 3.02. The predicted molar refractivity (Wildman–Crippen MR) is 59.1 cm³/mol. The molecule has 0 atom stereocenters. The molecular formula is C14H13. The fourth-order valence-corrected chi connectivity index (χ4v) is 2.26. The molecule has 2 aliphatic rings. The van der Waals surface area contributed by atoms with Gasteiger partial charge in [0.2, 0.25) is 0 Å². The molecule has 0 spiro atoms. The van der Waals surface area contributed by atoms with Crippen molar-refractivity contribution in [1.82, 2.24) is 0 Å². The van der Waals surface area contributed by atoms with Crippen LogP contribution < -0.4 is 10.4 Å². The van der Waals surface area contributed by atoms with E-state index < -0.39 is 0 Å². The number of hydrogen-bond acceptors (Lipinski definition) is 0. The first-order valence-corrected chi connectivity index (χ1v) is 5.35. The predicted octanol–water partition coefficient (Wildman–Crippen LogP) is 1.70. The highest BCUT2D eigenvalue weighted by Crippen LogP contribution is 2.13. The van der Waals surface area contributed by atoms with E-state index in [4.69, 9.17) is 0 Å². The van der Waals surface area contributed by atoms with Crippen molar-refractivity contribution < 1.29 is 0 Å². The Labute approximate surface area is 84.3 Å². The molecule has 0 amide bonds. The van der Waals surface area contributed by atoms with Gasteiger partial charge in [-0.25, -0.2) is 0 Å². The zero-order valence-electron chi connectivity index (χ0n) is 8.22. The molecule has 1 radical (unpaired) electrons. The molecule has 3 rings (SSSR count). The molecule has 0 saturated heterocycles. The van der Waals surface area contributed by atoms with Crippen LogP contribution in [-0.2, 0) is 6.42 Å². The molecule has 0 heterocycles. The maximum absolute atomic E-state index is 3.35. The average Bonchev–Trinajstić information content (AvgIpc) is 2.26. The van der Waals surface area contributed by atoms with Gasteiger partial charge >= 0.3 is 0 Å². The molecule has 0 unspecified atom stereocenters. The van der Waals surface area contributed by atoms with Gasteiger partial charge in [0.05, 0.1) is 0 Å². The van der Waals surface area contributed by atoms with Crippen molar-refractivity contribution in [1.29, 1.82) is 0 Å². The van der Waals surface area contributed by atoms with Crippen molar-refractivity contribution >= 4 is 12.2 Å². The summed E-state index contributed by atoms with van der Waals surface area (Å²) in [6.45, 7) is 0. The summed E-state index contributed by atoms with van der Waals surface area (Å²) >= 11 is 0. The van der Waals surface area contributed by atoms with Crippen LogP contribution in [0.15, 0.2) is 18.2 Å². The van der Waals surface area contributed by atoms with Crippen LogP contribution in [-0.4, -0.2) is 0 Å². The lowest BCUT2D eigenvalue weighted by Gasteiger charge is -2.11. The van der Waals surface area contributed by atoms with Gasteiger partial charge < -0.3 is 0 Å². The lowest BCUT2D eigenvalue weighted by molar-refractivity contribution is 0.958. The Morgan fingerprint density at radius 3 is 2.57 bits per heavy atom. The maximum atomic E-state index is 3.35. The minimum Gasteiger partial charge on any atom is -0.0764 e. The Hall–Kier alpha value is -1.30. The van der Waals surface area contributed by atoms with Crippen molar-refractivity contribution in [2.24, 2.45) is 0 Å². The van der Waals surface area contributed by atoms with Crippen molar-refractivity contribution in [2.75, 3.05) is 0 Å². The van der Waals surface area contributed by atoms with Gasteiger partial charge in [0.1, 0.15) is 0 Å². The van der Waals surface area contributed by atoms with Crippen LogP contribution in [0.2, 0.25) is 0 Å². The molecule has 0 aliphatic heterocycles. The molecular weight excluding hydrogens is 168 g/mol. The number of benzene rings is 1. The van der Waals surface area contributed by atoms with E-state index in [1.807, 2.05) is 0 Å². The Morgan fingerprint density at radius 1 is 0.929 bits per heavy atom. The lowest BCUT2D eigenvalue weighted by Crippen LogP contribution is -2.28. The number of aryl methyl sites for hydroxylation is 1. The molecule has 0 nitrogen and oxygen atoms in total. The van der Waals surface area contributed by atoms with Crippen LogP contribution in [0.4, 0.5) is 0 Å². The largest absolute Gasteiger partial charge is 0.0764 e. The number of rotatable bonds is 0. The highest BCUT2D eigenvalue weighted by Gasteiger charge is 2.05. The number of hydrogen-bond donors (Lipinski definition) is 0. The van der Waals surface area contributed by atoms with Crippen LogP contribution in [0.3, 0.4) is 0 Å². The molecule has 0 saturated carbocycles. The summed E-state index contributed by atoms with van der Waals surface area (Å²) in [5.74, 6) is 0. The van der Waals surface area contributed by atoms with Gasteiger partial charge in [-0.3, -0.25) is 0 Å². The van der Waals surface area contributed by atoms with Crippen LogP contribution >= 0.6 is 0 Å². The van der Waals surface area contributed by atoms with E-state index in [9.17, 15) is 0 Å². The lowest BCUT2D eigenvalue weighted by atomic mass is 9.94. The summed E-state index contributed by atoms with van der Waals surface area (Å²) in [6, 6.07) is 4.64. The molecule has 14 heavy (non-hydrogen) atoms. The first-order valence-electron chi connectivity index (χ1n) is 5.35. The zero-order chi connectivity index (χ0) is 9.38. The van der Waals surface area contributed by atoms with Crippen LogP contribution in [0.5, 0.6) is 0 Å². The van der Waals surface area contributed by atoms with E-state index in [2.05, 4.69) is 36.4 Å². The molecule has 1 aromatic rings. The van der Waals surface area contributed by atoms with Crippen LogP contribution in [0.25, 0.3) is 12.2 Å². The first-order chi connectivity index (χ1) is 6.93. The summed E-state index contributed by atoms with van der Waals surface area (Å²) < 4.78 is 0. The number of allylic oxidation sites excluding steroid dienone is 1. The van der Waals surface area contributed by atoms with Gasteiger partial charge in [0, 0.05) is 0 Å². The van der Waals surface area contributed by atoms with Gasteiger partial charge in [-0.15, -0.1) is 0 Å². The van der Waals surface area contributed by atoms with Gasteiger partial charge in [-0.2, -0.15) is 0 Å². The average molecular weight is 181 g/mol. The van der Waals surface area contributed by atoms with Crippen molar-refractivity contribution in [3.63, 3.8) is 0 Å². The summed E-state index contributed by atoms with van der Waals surface area (Å²) in [6.07, 6.45) is 14.9. The molecule has 0 fully saturated rings. The second kappa shape index (κ2) is 3.13. The fourth-order valence-electron chi connectivity index (χ4n) is 2.26. The standard InChI is InChI=1S/C14H13/c1-2-6-12-10-14-8-4-3-7-13(14)9-11(12)5-1/h1,7-10H,2-4,6H2. The van der Waals surface area contributed by atoms with Crippen molar-refractivity contribution in [3.05, 3.63) is 45.8 Å². The monoisotopic (exact) mass is 181 g/mol. The van der Waals surface area contributed by atoms with Crippen molar-refractivity contribution in [3.8, 4) is 0 Å². The SMILES string of the molecule is [C]1=CCCc2cc3c(cc21)=CCCC=3. The highest BCUT2D eigenvalue weighted by atomic mass is 14.1. The van der Waals surface area contributed by atoms with Crippen LogP contribution in [0.1, 0.15) is 30.4 Å². The van der Waals surface area contributed by atoms with Gasteiger partial charge in [-0.05, 0) is 59.4 Å². The van der Waals surface area contributed by atoms with E-state index in [-0.39, 0.29) is 0 Å². The Balaban J connectivity index is 2.33. The normalized spacial score (nSPS) is 17.7. The summed E-state index contributed by atoms with van der Waals surface area (Å²) in [5, 5.41) is 2.83. The van der Waals surface area contributed by atoms with E-state index in [0.29, 0.717) is 0 Å². The molecule has 0 N–H and O–H groups in total. The fraction of sp³-hybridized carbons (Fsp3) is 0.286. The molecule has 1 aromatic carbocycles. The third kappa shape index (κ3) is 1.22. The van der Waals surface area contributed by atoms with E-state index >= 15 is 0 Å². The molecule has 0 heteroatoms. The molecule has 0 bridgehead atoms. The van der Waals surface area contributed by atoms with E-state index in [1.54, 1.807) is 0 Å². The molecule has 0 aromatic heterocycles. The van der Waals surface area contributed by atoms with Gasteiger partial charge in [0.25, 0.3) is 0 Å². The van der Waals surface area contributed by atoms with Gasteiger partial charge in [0.15, 0.2) is 0 Å². The van der Waals surface area contributed by atoms with Gasteiger partial charge in [-0.1, -0.05) is 24.3 Å². The van der Waals surface area contributed by atoms with Crippen molar-refractivity contribution in [2.45, 2.75) is 25.7 Å². The Morgan fingerprint density at radius 2 is 1.71 bits per heavy atom. The second-order valence-electron chi connectivity index (χ2n) is 4.01. The summed E-state index contributed by atoms with van der Waals surface area (Å²) in [4.78, 5) is 0. The van der Waals surface area contributed by atoms with E-state index in [0.717, 1.165) is 6.42 Å². The molecule has 69 valence electrons. The summed E-state index contributed by atoms with van der Waals surface area (Å²) in [5.41, 5.74) is 2.78. The topological polar surface area (TPSA) is 0 Å². The minimum atomic E-state index is 1.15. The van der Waals surface area contributed by atoms with E-state index in [1.165, 1.54) is 40.8 Å². The molecule has 2 aliphatic carbocycles. The minimum absolute atomic E-state index is 1.15. The van der Waals surface area contributed by atoms with Crippen LogP contribution in [0, 0.1) is 6.08 Å². The Kier molecular flexibility index (Phi) is 1.80. The first kappa shape index (κ1) is 8.05. The number of fused-ring (bicyclic) bond motifs is 2. The highest BCUT2D eigenvalue weighted by molar-refractivity contribution is 5.45. The Bertz CT molecular complexity index is 504. The maximum Gasteiger partial charge on any atom is -0.0143 e. The summed E-state index contributed by atoms with van der Waals surface area (Å²) in [7, 11) is 0.